The average molecular weight is 473 g/mol. The Bertz CT molecular complexity index is 1300. The number of urea groups is 1. The van der Waals surface area contributed by atoms with Crippen LogP contribution in [0.15, 0.2) is 48.5 Å². The molecule has 3 aromatic rings. The number of rotatable bonds is 7. The molecule has 1 aromatic heterocycles. The van der Waals surface area contributed by atoms with E-state index in [9.17, 15) is 9.59 Å². The van der Waals surface area contributed by atoms with Gasteiger partial charge in [-0.15, -0.1) is 0 Å². The molecule has 7 nitrogen and oxygen atoms in total. The van der Waals surface area contributed by atoms with Gasteiger partial charge in [-0.1, -0.05) is 30.3 Å². The molecule has 0 unspecified atom stereocenters. The molecule has 1 aliphatic carbocycles. The molecule has 1 N–H and O–H groups in total. The van der Waals surface area contributed by atoms with Crippen LogP contribution in [0.5, 0.6) is 5.75 Å². The van der Waals surface area contributed by atoms with Gasteiger partial charge in [-0.3, -0.25) is 14.6 Å². The second kappa shape index (κ2) is 8.12. The molecule has 0 radical (unpaired) electrons. The summed E-state index contributed by atoms with van der Waals surface area (Å²) in [6, 6.07) is 16.1. The number of nitrogens with zero attached hydrogens (tertiary/aromatic N) is 3. The van der Waals surface area contributed by atoms with E-state index < -0.39 is 5.54 Å². The fourth-order valence-corrected chi connectivity index (χ4v) is 5.88. The van der Waals surface area contributed by atoms with Crippen molar-refractivity contribution in [3.63, 3.8) is 0 Å². The predicted molar refractivity (Wildman–Crippen MR) is 134 cm³/mol. The lowest BCUT2D eigenvalue weighted by Gasteiger charge is -2.42. The molecular weight excluding hydrogens is 440 g/mol. The Balaban J connectivity index is 1.45. The number of aromatic nitrogens is 1. The Labute approximate surface area is 205 Å². The monoisotopic (exact) mass is 472 g/mol. The molecule has 3 amide bonds. The molecule has 2 aromatic carbocycles. The summed E-state index contributed by atoms with van der Waals surface area (Å²) in [5.74, 6) is 0.706. The van der Waals surface area contributed by atoms with Crippen molar-refractivity contribution in [1.29, 1.82) is 0 Å². The molecule has 2 aliphatic heterocycles. The van der Waals surface area contributed by atoms with Crippen molar-refractivity contribution < 1.29 is 14.3 Å². The van der Waals surface area contributed by atoms with Crippen LogP contribution in [0, 0.1) is 0 Å². The van der Waals surface area contributed by atoms with Crippen LogP contribution in [0.1, 0.15) is 49.6 Å². The van der Waals surface area contributed by atoms with Gasteiger partial charge in [0, 0.05) is 42.1 Å². The van der Waals surface area contributed by atoms with E-state index in [-0.39, 0.29) is 18.0 Å². The van der Waals surface area contributed by atoms with Crippen LogP contribution >= 0.6 is 0 Å². The Morgan fingerprint density at radius 3 is 2.63 bits per heavy atom. The summed E-state index contributed by atoms with van der Waals surface area (Å²) < 4.78 is 5.77. The van der Waals surface area contributed by atoms with Gasteiger partial charge in [0.1, 0.15) is 17.3 Å². The summed E-state index contributed by atoms with van der Waals surface area (Å²) in [7, 11) is 2.08. The third-order valence-corrected chi connectivity index (χ3v) is 7.91. The summed E-state index contributed by atoms with van der Waals surface area (Å²) in [6.07, 6.45) is 2.87. The molecule has 2 atom stereocenters. The van der Waals surface area contributed by atoms with E-state index in [2.05, 4.69) is 23.0 Å². The second-order valence-corrected chi connectivity index (χ2v) is 10.2. The normalized spacial score (nSPS) is 23.8. The maximum Gasteiger partial charge on any atom is 0.328 e. The zero-order chi connectivity index (χ0) is 24.3. The third kappa shape index (κ3) is 3.44. The average Bonchev–Trinajstić information content (AvgIpc) is 3.63. The first-order valence-electron chi connectivity index (χ1n) is 12.6. The second-order valence-electron chi connectivity index (χ2n) is 10.2. The Morgan fingerprint density at radius 1 is 1.14 bits per heavy atom. The minimum absolute atomic E-state index is 0.103. The zero-order valence-electron chi connectivity index (χ0n) is 20.6. The van der Waals surface area contributed by atoms with Crippen molar-refractivity contribution in [3.8, 4) is 5.75 Å². The highest BCUT2D eigenvalue weighted by Gasteiger charge is 2.60. The Morgan fingerprint density at radius 2 is 1.91 bits per heavy atom. The fourth-order valence-electron chi connectivity index (χ4n) is 5.88. The van der Waals surface area contributed by atoms with E-state index in [4.69, 9.17) is 4.74 Å². The van der Waals surface area contributed by atoms with Crippen LogP contribution in [0.3, 0.4) is 0 Å². The summed E-state index contributed by atoms with van der Waals surface area (Å²) in [4.78, 5) is 36.9. The number of hydrogen-bond acceptors (Lipinski definition) is 4. The topological polar surface area (TPSA) is 68.9 Å². The molecule has 0 bridgehead atoms. The standard InChI is InChI=1S/C28H32N4O3/c1-4-35-20-12-13-23-21(16-20)22-17-28(2)26(33)31(15-14-30(3)19-10-11-19)27(34)32(28)25(24(22)29-23)18-8-6-5-7-9-18/h5-9,12-13,16,19,25,29H,4,10-11,14-15,17H2,1-3H3/t25-,28+/m1/s1. The number of likely N-dealkylation sites (N-methyl/N-ethyl adjacent to an activating group) is 1. The number of benzene rings is 2. The van der Waals surface area contributed by atoms with Gasteiger partial charge in [-0.2, -0.15) is 0 Å². The lowest BCUT2D eigenvalue weighted by atomic mass is 9.81. The number of carbonyl (C=O) groups excluding carboxylic acids is 2. The summed E-state index contributed by atoms with van der Waals surface area (Å²) in [5, 5.41) is 1.06. The molecule has 2 fully saturated rings. The Hall–Kier alpha value is -3.32. The van der Waals surface area contributed by atoms with Gasteiger partial charge in [-0.05, 0) is 63.1 Å². The molecule has 182 valence electrons. The highest BCUT2D eigenvalue weighted by molar-refractivity contribution is 6.08. The molecule has 1 saturated heterocycles. The predicted octanol–water partition coefficient (Wildman–Crippen LogP) is 4.33. The number of carbonyl (C=O) groups is 2. The number of ether oxygens (including phenoxy) is 1. The van der Waals surface area contributed by atoms with Gasteiger partial charge < -0.3 is 14.6 Å². The molecule has 3 aliphatic rings. The number of hydrogen-bond donors (Lipinski definition) is 1. The lowest BCUT2D eigenvalue weighted by molar-refractivity contribution is -0.133. The van der Waals surface area contributed by atoms with Gasteiger partial charge >= 0.3 is 6.03 Å². The number of nitrogens with one attached hydrogen (secondary N) is 1. The van der Waals surface area contributed by atoms with Crippen LogP contribution in [0.25, 0.3) is 10.9 Å². The number of aromatic amines is 1. The molecule has 7 heteroatoms. The van der Waals surface area contributed by atoms with Crippen LogP contribution < -0.4 is 4.74 Å². The van der Waals surface area contributed by atoms with Gasteiger partial charge in [-0.25, -0.2) is 4.79 Å². The van der Waals surface area contributed by atoms with E-state index in [0.717, 1.165) is 33.5 Å². The van der Waals surface area contributed by atoms with Crippen LogP contribution in [-0.2, 0) is 11.2 Å². The van der Waals surface area contributed by atoms with Crippen molar-refractivity contribution in [3.05, 3.63) is 65.4 Å². The number of fused-ring (bicyclic) bond motifs is 4. The quantitative estimate of drug-likeness (QED) is 0.520. The van der Waals surface area contributed by atoms with Crippen molar-refractivity contribution in [1.82, 2.24) is 19.7 Å². The first kappa shape index (κ1) is 22.2. The van der Waals surface area contributed by atoms with E-state index >= 15 is 0 Å². The first-order valence-corrected chi connectivity index (χ1v) is 12.6. The van der Waals surface area contributed by atoms with Crippen LogP contribution in [0.4, 0.5) is 4.79 Å². The highest BCUT2D eigenvalue weighted by Crippen LogP contribution is 2.49. The fraction of sp³-hybridized carbons (Fsp3) is 0.429. The highest BCUT2D eigenvalue weighted by atomic mass is 16.5. The minimum Gasteiger partial charge on any atom is -0.494 e. The SMILES string of the molecule is CCOc1ccc2[nH]c3c(c2c1)C[C@@]1(C)C(=O)N(CCN(C)C2CC2)C(=O)N1[C@@H]3c1ccccc1. The van der Waals surface area contributed by atoms with Gasteiger partial charge in [0.25, 0.3) is 5.91 Å². The van der Waals surface area contributed by atoms with Crippen molar-refractivity contribution in [2.45, 2.75) is 50.7 Å². The van der Waals surface area contributed by atoms with E-state index in [1.165, 1.54) is 17.7 Å². The van der Waals surface area contributed by atoms with Crippen LogP contribution in [-0.4, -0.2) is 69.9 Å². The van der Waals surface area contributed by atoms with E-state index in [0.29, 0.717) is 32.2 Å². The lowest BCUT2D eigenvalue weighted by Crippen LogP contribution is -2.53. The summed E-state index contributed by atoms with van der Waals surface area (Å²) in [6.45, 7) is 5.62. The smallest absolute Gasteiger partial charge is 0.328 e. The maximum atomic E-state index is 13.9. The van der Waals surface area contributed by atoms with Crippen LogP contribution in [0.2, 0.25) is 0 Å². The molecule has 35 heavy (non-hydrogen) atoms. The maximum absolute atomic E-state index is 13.9. The van der Waals surface area contributed by atoms with Crippen molar-refractivity contribution in [2.75, 3.05) is 26.7 Å². The largest absolute Gasteiger partial charge is 0.494 e. The van der Waals surface area contributed by atoms with Gasteiger partial charge in [0.05, 0.1) is 6.61 Å². The number of amides is 3. The molecule has 6 rings (SSSR count). The molecule has 0 spiro atoms. The minimum atomic E-state index is -0.945. The summed E-state index contributed by atoms with van der Waals surface area (Å²) in [5.41, 5.74) is 3.11. The third-order valence-electron chi connectivity index (χ3n) is 7.91. The number of H-pyrrole nitrogens is 1. The van der Waals surface area contributed by atoms with E-state index in [1.807, 2.05) is 61.2 Å². The van der Waals surface area contributed by atoms with Crippen molar-refractivity contribution in [2.24, 2.45) is 0 Å². The molecular formula is C28H32N4O3. The van der Waals surface area contributed by atoms with Gasteiger partial charge in [0.15, 0.2) is 0 Å². The van der Waals surface area contributed by atoms with Gasteiger partial charge in [0.2, 0.25) is 0 Å². The van der Waals surface area contributed by atoms with Crippen molar-refractivity contribution >= 4 is 22.8 Å². The zero-order valence-corrected chi connectivity index (χ0v) is 20.6. The Kier molecular flexibility index (Phi) is 5.14. The molecule has 3 heterocycles. The molecule has 1 saturated carbocycles. The number of imide groups is 1. The summed E-state index contributed by atoms with van der Waals surface area (Å²) >= 11 is 0. The first-order chi connectivity index (χ1) is 16.9. The van der Waals surface area contributed by atoms with E-state index in [1.54, 1.807) is 0 Å².